The molecule has 2 heterocycles. The average molecular weight is 197 g/mol. The number of hydrogen-bond donors (Lipinski definition) is 1. The number of ether oxygens (including phenoxy) is 2. The molecule has 0 aromatic heterocycles. The van der Waals surface area contributed by atoms with Crippen molar-refractivity contribution in [1.82, 2.24) is 5.32 Å². The van der Waals surface area contributed by atoms with Gasteiger partial charge in [0, 0.05) is 25.8 Å². The predicted molar refractivity (Wildman–Crippen MR) is 55.4 cm³/mol. The molecule has 0 bridgehead atoms. The van der Waals surface area contributed by atoms with Gasteiger partial charge in [0.25, 0.3) is 0 Å². The van der Waals surface area contributed by atoms with Crippen molar-refractivity contribution in [2.75, 3.05) is 33.0 Å². The van der Waals surface area contributed by atoms with E-state index in [2.05, 4.69) is 11.4 Å². The van der Waals surface area contributed by atoms with Crippen LogP contribution >= 0.6 is 0 Å². The summed E-state index contributed by atoms with van der Waals surface area (Å²) in [6.07, 6.45) is 5.61. The summed E-state index contributed by atoms with van der Waals surface area (Å²) in [6, 6.07) is 0.660. The van der Waals surface area contributed by atoms with E-state index in [1.165, 1.54) is 5.57 Å². The zero-order chi connectivity index (χ0) is 9.64. The van der Waals surface area contributed by atoms with E-state index in [0.29, 0.717) is 6.04 Å². The van der Waals surface area contributed by atoms with Crippen molar-refractivity contribution in [3.05, 3.63) is 11.6 Å². The van der Waals surface area contributed by atoms with E-state index >= 15 is 0 Å². The molecule has 2 aliphatic rings. The third kappa shape index (κ3) is 3.08. The van der Waals surface area contributed by atoms with E-state index < -0.39 is 0 Å². The lowest BCUT2D eigenvalue weighted by atomic mass is 10.1. The van der Waals surface area contributed by atoms with Gasteiger partial charge in [0.2, 0.25) is 0 Å². The summed E-state index contributed by atoms with van der Waals surface area (Å²) in [6.45, 7) is 4.56. The Kier molecular flexibility index (Phi) is 3.98. The maximum atomic E-state index is 5.32. The molecule has 3 heteroatoms. The van der Waals surface area contributed by atoms with Crippen molar-refractivity contribution in [3.8, 4) is 0 Å². The van der Waals surface area contributed by atoms with Crippen LogP contribution in [0.3, 0.4) is 0 Å². The van der Waals surface area contributed by atoms with E-state index in [1.807, 2.05) is 0 Å². The summed E-state index contributed by atoms with van der Waals surface area (Å²) in [5, 5.41) is 3.59. The van der Waals surface area contributed by atoms with E-state index in [9.17, 15) is 0 Å². The van der Waals surface area contributed by atoms with E-state index in [1.54, 1.807) is 0 Å². The Morgan fingerprint density at radius 1 is 1.21 bits per heavy atom. The van der Waals surface area contributed by atoms with Gasteiger partial charge in [-0.15, -0.1) is 0 Å². The Hall–Kier alpha value is -0.380. The minimum Gasteiger partial charge on any atom is -0.381 e. The minimum atomic E-state index is 0.660. The van der Waals surface area contributed by atoms with Crippen LogP contribution in [0.5, 0.6) is 0 Å². The summed E-state index contributed by atoms with van der Waals surface area (Å²) >= 11 is 0. The Labute approximate surface area is 85.5 Å². The first-order valence-corrected chi connectivity index (χ1v) is 5.52. The van der Waals surface area contributed by atoms with Crippen LogP contribution in [0.15, 0.2) is 11.6 Å². The third-order valence-corrected chi connectivity index (χ3v) is 2.90. The van der Waals surface area contributed by atoms with Gasteiger partial charge < -0.3 is 14.8 Å². The fraction of sp³-hybridized carbons (Fsp3) is 0.818. The van der Waals surface area contributed by atoms with E-state index in [0.717, 1.165) is 52.2 Å². The second kappa shape index (κ2) is 5.49. The van der Waals surface area contributed by atoms with Gasteiger partial charge in [0.1, 0.15) is 0 Å². The first-order valence-electron chi connectivity index (χ1n) is 5.52. The molecular formula is C11H19NO2. The monoisotopic (exact) mass is 197 g/mol. The molecule has 0 amide bonds. The van der Waals surface area contributed by atoms with Crippen molar-refractivity contribution in [2.24, 2.45) is 0 Å². The van der Waals surface area contributed by atoms with Crippen LogP contribution in [0, 0.1) is 0 Å². The maximum Gasteiger partial charge on any atom is 0.0650 e. The van der Waals surface area contributed by atoms with Crippen LogP contribution in [-0.4, -0.2) is 39.0 Å². The Bertz CT molecular complexity index is 197. The van der Waals surface area contributed by atoms with Crippen molar-refractivity contribution in [3.63, 3.8) is 0 Å². The molecule has 1 saturated heterocycles. The average Bonchev–Trinajstić information content (AvgIpc) is 2.29. The standard InChI is InChI=1S/C11H19NO2/c1-5-13-6-2-10(1)9-12-11-3-7-14-8-4-11/h1,11-12H,2-9H2. The number of nitrogens with one attached hydrogen (secondary N) is 1. The largest absolute Gasteiger partial charge is 0.381 e. The predicted octanol–water partition coefficient (Wildman–Crippen LogP) is 1.10. The second-order valence-electron chi connectivity index (χ2n) is 3.95. The Balaban J connectivity index is 1.67. The zero-order valence-corrected chi connectivity index (χ0v) is 8.63. The molecule has 0 unspecified atom stereocenters. The lowest BCUT2D eigenvalue weighted by molar-refractivity contribution is 0.0784. The van der Waals surface area contributed by atoms with Crippen molar-refractivity contribution >= 4 is 0 Å². The van der Waals surface area contributed by atoms with Gasteiger partial charge >= 0.3 is 0 Å². The SMILES string of the molecule is C1=C(CNC2CCOCC2)CCOC1. The summed E-state index contributed by atoms with van der Waals surface area (Å²) in [4.78, 5) is 0. The van der Waals surface area contributed by atoms with E-state index in [4.69, 9.17) is 9.47 Å². The topological polar surface area (TPSA) is 30.5 Å². The molecule has 14 heavy (non-hydrogen) atoms. The fourth-order valence-electron chi connectivity index (χ4n) is 1.90. The van der Waals surface area contributed by atoms with Crippen molar-refractivity contribution in [1.29, 1.82) is 0 Å². The molecule has 0 atom stereocenters. The van der Waals surface area contributed by atoms with Gasteiger partial charge in [0.15, 0.2) is 0 Å². The third-order valence-electron chi connectivity index (χ3n) is 2.90. The molecule has 0 radical (unpaired) electrons. The fourth-order valence-corrected chi connectivity index (χ4v) is 1.90. The van der Waals surface area contributed by atoms with Gasteiger partial charge in [-0.2, -0.15) is 0 Å². The molecule has 0 saturated carbocycles. The molecule has 0 aromatic carbocycles. The van der Waals surface area contributed by atoms with Crippen LogP contribution in [0.25, 0.3) is 0 Å². The molecule has 3 nitrogen and oxygen atoms in total. The molecule has 2 rings (SSSR count). The molecule has 0 aromatic rings. The van der Waals surface area contributed by atoms with Gasteiger partial charge in [-0.1, -0.05) is 11.6 Å². The first-order chi connectivity index (χ1) is 6.95. The van der Waals surface area contributed by atoms with Crippen LogP contribution in [0.2, 0.25) is 0 Å². The van der Waals surface area contributed by atoms with Gasteiger partial charge in [0.05, 0.1) is 13.2 Å². The maximum absolute atomic E-state index is 5.32. The van der Waals surface area contributed by atoms with Crippen molar-refractivity contribution < 1.29 is 9.47 Å². The molecule has 1 N–H and O–H groups in total. The normalized spacial score (nSPS) is 24.7. The zero-order valence-electron chi connectivity index (χ0n) is 8.63. The Morgan fingerprint density at radius 3 is 2.79 bits per heavy atom. The van der Waals surface area contributed by atoms with Crippen LogP contribution in [0.1, 0.15) is 19.3 Å². The minimum absolute atomic E-state index is 0.660. The summed E-state index contributed by atoms with van der Waals surface area (Å²) in [7, 11) is 0. The van der Waals surface area contributed by atoms with Gasteiger partial charge in [-0.25, -0.2) is 0 Å². The highest BCUT2D eigenvalue weighted by molar-refractivity contribution is 5.06. The molecular weight excluding hydrogens is 178 g/mol. The van der Waals surface area contributed by atoms with Crippen LogP contribution < -0.4 is 5.32 Å². The summed E-state index contributed by atoms with van der Waals surface area (Å²) in [5.41, 5.74) is 1.50. The number of rotatable bonds is 3. The van der Waals surface area contributed by atoms with Crippen LogP contribution in [0.4, 0.5) is 0 Å². The lowest BCUT2D eigenvalue weighted by Crippen LogP contribution is -2.36. The van der Waals surface area contributed by atoms with Gasteiger partial charge in [-0.3, -0.25) is 0 Å². The number of hydrogen-bond acceptors (Lipinski definition) is 3. The highest BCUT2D eigenvalue weighted by atomic mass is 16.5. The molecule has 0 spiro atoms. The molecule has 80 valence electrons. The molecule has 2 aliphatic heterocycles. The molecule has 0 aliphatic carbocycles. The quantitative estimate of drug-likeness (QED) is 0.687. The van der Waals surface area contributed by atoms with Gasteiger partial charge in [-0.05, 0) is 19.3 Å². The highest BCUT2D eigenvalue weighted by Gasteiger charge is 2.13. The Morgan fingerprint density at radius 2 is 2.07 bits per heavy atom. The summed E-state index contributed by atoms with van der Waals surface area (Å²) in [5.74, 6) is 0. The lowest BCUT2D eigenvalue weighted by Gasteiger charge is -2.24. The second-order valence-corrected chi connectivity index (χ2v) is 3.95. The van der Waals surface area contributed by atoms with E-state index in [-0.39, 0.29) is 0 Å². The highest BCUT2D eigenvalue weighted by Crippen LogP contribution is 2.09. The van der Waals surface area contributed by atoms with Crippen molar-refractivity contribution in [2.45, 2.75) is 25.3 Å². The summed E-state index contributed by atoms with van der Waals surface area (Å²) < 4.78 is 10.6. The smallest absolute Gasteiger partial charge is 0.0650 e. The first kappa shape index (κ1) is 10.1. The molecule has 1 fully saturated rings. The van der Waals surface area contributed by atoms with Crippen LogP contribution in [-0.2, 0) is 9.47 Å².